The molecule has 0 aliphatic carbocycles. The van der Waals surface area contributed by atoms with Crippen molar-refractivity contribution in [1.29, 1.82) is 0 Å². The number of phenolic OH excluding ortho intramolecular Hbond substituents is 1. The van der Waals surface area contributed by atoms with Gasteiger partial charge < -0.3 is 5.11 Å². The van der Waals surface area contributed by atoms with Crippen LogP contribution in [0.2, 0.25) is 0 Å². The van der Waals surface area contributed by atoms with Gasteiger partial charge in [0.05, 0.1) is 11.4 Å². The Morgan fingerprint density at radius 1 is 1.04 bits per heavy atom. The molecule has 0 radical (unpaired) electrons. The first-order valence-electron chi connectivity index (χ1n) is 6.92. The van der Waals surface area contributed by atoms with E-state index in [1.807, 2.05) is 24.3 Å². The third-order valence-corrected chi connectivity index (χ3v) is 5.33. The van der Waals surface area contributed by atoms with Gasteiger partial charge in [0, 0.05) is 14.5 Å². The number of thioether (sulfide) groups is 1. The highest BCUT2D eigenvalue weighted by Gasteiger charge is 2.35. The summed E-state index contributed by atoms with van der Waals surface area (Å²) < 4.78 is 1.71. The Morgan fingerprint density at radius 2 is 1.71 bits per heavy atom. The van der Waals surface area contributed by atoms with E-state index in [1.54, 1.807) is 12.1 Å². The molecular weight excluding hydrogens is 458 g/mol. The molecule has 0 atom stereocenters. The van der Waals surface area contributed by atoms with Crippen LogP contribution in [0.25, 0.3) is 6.08 Å². The molecule has 1 N–H and O–H groups in total. The lowest BCUT2D eigenvalue weighted by Crippen LogP contribution is -2.27. The van der Waals surface area contributed by atoms with Crippen LogP contribution >= 0.6 is 43.6 Å². The molecule has 0 bridgehead atoms. The first kappa shape index (κ1) is 17.3. The fourth-order valence-corrected chi connectivity index (χ4v) is 3.66. The fraction of sp³-hybridized carbons (Fsp3) is 0.0588. The lowest BCUT2D eigenvalue weighted by atomic mass is 10.2. The number of amides is 2. The van der Waals surface area contributed by atoms with Gasteiger partial charge in [0.1, 0.15) is 5.75 Å². The third kappa shape index (κ3) is 3.74. The van der Waals surface area contributed by atoms with E-state index in [9.17, 15) is 14.7 Å². The van der Waals surface area contributed by atoms with E-state index in [1.165, 1.54) is 17.0 Å². The Balaban J connectivity index is 1.84. The van der Waals surface area contributed by atoms with Crippen LogP contribution in [0, 0.1) is 0 Å². The summed E-state index contributed by atoms with van der Waals surface area (Å²) in [5.41, 5.74) is 1.35. The number of nitrogens with zero attached hydrogens (tertiary/aromatic N) is 1. The summed E-state index contributed by atoms with van der Waals surface area (Å²) in [5.74, 6) is -0.301. The molecule has 1 heterocycles. The molecule has 2 aromatic rings. The van der Waals surface area contributed by atoms with Crippen molar-refractivity contribution < 1.29 is 14.7 Å². The van der Waals surface area contributed by atoms with Gasteiger partial charge >= 0.3 is 0 Å². The highest BCUT2D eigenvalue weighted by atomic mass is 79.9. The maximum Gasteiger partial charge on any atom is 0.293 e. The number of imide groups is 1. The Labute approximate surface area is 159 Å². The number of aromatic hydroxyl groups is 1. The summed E-state index contributed by atoms with van der Waals surface area (Å²) in [7, 11) is 0. The monoisotopic (exact) mass is 467 g/mol. The number of halogens is 2. The van der Waals surface area contributed by atoms with Crippen LogP contribution in [0.1, 0.15) is 11.1 Å². The molecule has 0 spiro atoms. The second kappa shape index (κ2) is 7.13. The van der Waals surface area contributed by atoms with Crippen LogP contribution in [0.5, 0.6) is 5.75 Å². The molecule has 1 aliphatic heterocycles. The smallest absolute Gasteiger partial charge is 0.293 e. The van der Waals surface area contributed by atoms with E-state index in [0.29, 0.717) is 10.5 Å². The van der Waals surface area contributed by atoms with Crippen LogP contribution in [-0.2, 0) is 11.3 Å². The summed E-state index contributed by atoms with van der Waals surface area (Å²) >= 11 is 7.55. The Hall–Kier alpha value is -1.57. The molecule has 1 saturated heterocycles. The van der Waals surface area contributed by atoms with Crippen LogP contribution in [0.4, 0.5) is 4.79 Å². The molecule has 2 aromatic carbocycles. The molecule has 4 nitrogen and oxygen atoms in total. The van der Waals surface area contributed by atoms with E-state index in [2.05, 4.69) is 31.9 Å². The Bertz CT molecular complexity index is 849. The van der Waals surface area contributed by atoms with Gasteiger partial charge in [-0.3, -0.25) is 14.5 Å². The first-order chi connectivity index (χ1) is 11.4. The van der Waals surface area contributed by atoms with Crippen LogP contribution < -0.4 is 0 Å². The Kier molecular flexibility index (Phi) is 5.12. The standard InChI is InChI=1S/C17H11Br2NO3S/c18-12-3-1-10(2-4-12)9-20-16(22)15(24-17(20)23)8-11-7-13(19)5-6-14(11)21/h1-8,21H,9H2/b15-8-. The largest absolute Gasteiger partial charge is 0.507 e. The third-order valence-electron chi connectivity index (χ3n) is 3.40. The number of hydrogen-bond acceptors (Lipinski definition) is 4. The lowest BCUT2D eigenvalue weighted by Gasteiger charge is -2.12. The summed E-state index contributed by atoms with van der Waals surface area (Å²) in [5, 5.41) is 9.57. The van der Waals surface area contributed by atoms with Gasteiger partial charge in [-0.2, -0.15) is 0 Å². The second-order valence-electron chi connectivity index (χ2n) is 5.10. The average molecular weight is 469 g/mol. The minimum Gasteiger partial charge on any atom is -0.507 e. The number of benzene rings is 2. The van der Waals surface area contributed by atoms with Crippen molar-refractivity contribution in [2.75, 3.05) is 0 Å². The fourth-order valence-electron chi connectivity index (χ4n) is 2.19. The van der Waals surface area contributed by atoms with Crippen molar-refractivity contribution in [3.05, 3.63) is 67.4 Å². The maximum absolute atomic E-state index is 12.5. The van der Waals surface area contributed by atoms with E-state index in [-0.39, 0.29) is 23.4 Å². The summed E-state index contributed by atoms with van der Waals surface area (Å²) in [6.45, 7) is 0.222. The summed E-state index contributed by atoms with van der Waals surface area (Å²) in [4.78, 5) is 26.2. The predicted molar refractivity (Wildman–Crippen MR) is 101 cm³/mol. The van der Waals surface area contributed by atoms with Crippen LogP contribution in [0.15, 0.2) is 56.3 Å². The van der Waals surface area contributed by atoms with Gasteiger partial charge in [-0.05, 0) is 53.7 Å². The zero-order chi connectivity index (χ0) is 17.3. The molecule has 3 rings (SSSR count). The highest BCUT2D eigenvalue weighted by molar-refractivity contribution is 9.10. The molecule has 24 heavy (non-hydrogen) atoms. The SMILES string of the molecule is O=C1S/C(=C\c2cc(Br)ccc2O)C(=O)N1Cc1ccc(Br)cc1. The molecule has 1 fully saturated rings. The predicted octanol–water partition coefficient (Wildman–Crippen LogP) is 5.15. The summed E-state index contributed by atoms with van der Waals surface area (Å²) in [6.07, 6.45) is 1.53. The Morgan fingerprint density at radius 3 is 2.42 bits per heavy atom. The summed E-state index contributed by atoms with van der Waals surface area (Å²) in [6, 6.07) is 12.4. The van der Waals surface area contributed by atoms with Crippen molar-refractivity contribution >= 4 is 60.8 Å². The lowest BCUT2D eigenvalue weighted by molar-refractivity contribution is -0.123. The molecule has 0 aromatic heterocycles. The number of carbonyl (C=O) groups excluding carboxylic acids is 2. The van der Waals surface area contributed by atoms with Gasteiger partial charge in [-0.25, -0.2) is 0 Å². The van der Waals surface area contributed by atoms with Gasteiger partial charge in [0.25, 0.3) is 11.1 Å². The molecule has 7 heteroatoms. The van der Waals surface area contributed by atoms with E-state index in [0.717, 1.165) is 26.3 Å². The number of phenols is 1. The molecule has 0 unspecified atom stereocenters. The topological polar surface area (TPSA) is 57.6 Å². The number of hydrogen-bond donors (Lipinski definition) is 1. The zero-order valence-electron chi connectivity index (χ0n) is 12.2. The first-order valence-corrected chi connectivity index (χ1v) is 9.32. The molecule has 1 aliphatic rings. The normalized spacial score (nSPS) is 16.2. The minimum absolute atomic E-state index is 0.0536. The quantitative estimate of drug-likeness (QED) is 0.632. The average Bonchev–Trinajstić information content (AvgIpc) is 2.80. The molecular formula is C17H11Br2NO3S. The van der Waals surface area contributed by atoms with Crippen molar-refractivity contribution in [1.82, 2.24) is 4.90 Å². The number of carbonyl (C=O) groups is 2. The second-order valence-corrected chi connectivity index (χ2v) is 7.92. The van der Waals surface area contributed by atoms with E-state index < -0.39 is 0 Å². The van der Waals surface area contributed by atoms with Gasteiger partial charge in [0.2, 0.25) is 0 Å². The van der Waals surface area contributed by atoms with Crippen molar-refractivity contribution in [3.8, 4) is 5.75 Å². The zero-order valence-corrected chi connectivity index (χ0v) is 16.2. The van der Waals surface area contributed by atoms with Crippen molar-refractivity contribution in [3.63, 3.8) is 0 Å². The van der Waals surface area contributed by atoms with Crippen molar-refractivity contribution in [2.45, 2.75) is 6.54 Å². The number of rotatable bonds is 3. The molecule has 2 amide bonds. The van der Waals surface area contributed by atoms with Crippen LogP contribution in [-0.4, -0.2) is 21.2 Å². The van der Waals surface area contributed by atoms with Crippen LogP contribution in [0.3, 0.4) is 0 Å². The van der Waals surface area contributed by atoms with Gasteiger partial charge in [-0.15, -0.1) is 0 Å². The van der Waals surface area contributed by atoms with Crippen molar-refractivity contribution in [2.24, 2.45) is 0 Å². The minimum atomic E-state index is -0.354. The molecule has 122 valence electrons. The maximum atomic E-state index is 12.5. The van der Waals surface area contributed by atoms with Gasteiger partial charge in [0.15, 0.2) is 0 Å². The highest BCUT2D eigenvalue weighted by Crippen LogP contribution is 2.35. The van der Waals surface area contributed by atoms with E-state index >= 15 is 0 Å². The van der Waals surface area contributed by atoms with E-state index in [4.69, 9.17) is 0 Å². The van der Waals surface area contributed by atoms with Gasteiger partial charge in [-0.1, -0.05) is 44.0 Å². The molecule has 0 saturated carbocycles.